The van der Waals surface area contributed by atoms with Crippen LogP contribution in [0.15, 0.2) is 47.4 Å². The summed E-state index contributed by atoms with van der Waals surface area (Å²) in [7, 11) is 0. The molecule has 2 aromatic carbocycles. The molecule has 0 saturated heterocycles. The maximum absolute atomic E-state index is 12.1. The van der Waals surface area contributed by atoms with E-state index in [2.05, 4.69) is 75.5 Å². The van der Waals surface area contributed by atoms with E-state index in [1.807, 2.05) is 0 Å². The average Bonchev–Trinajstić information content (AvgIpc) is 2.66. The van der Waals surface area contributed by atoms with Gasteiger partial charge < -0.3 is 10.2 Å². The van der Waals surface area contributed by atoms with Crippen LogP contribution in [-0.2, 0) is 17.9 Å². The summed E-state index contributed by atoms with van der Waals surface area (Å²) in [5.74, 6) is 0.524. The molecular weight excluding hydrogens is 340 g/mol. The molecule has 2 aromatic rings. The van der Waals surface area contributed by atoms with Gasteiger partial charge in [-0.25, -0.2) is 0 Å². The molecule has 0 atom stereocenters. The van der Waals surface area contributed by atoms with Crippen molar-refractivity contribution in [1.29, 1.82) is 0 Å². The van der Waals surface area contributed by atoms with Crippen LogP contribution in [-0.4, -0.2) is 24.7 Å². The number of hydrogen-bond acceptors (Lipinski definition) is 2. The van der Waals surface area contributed by atoms with Crippen molar-refractivity contribution in [2.24, 2.45) is 0 Å². The third-order valence-electron chi connectivity index (χ3n) is 4.82. The highest BCUT2D eigenvalue weighted by molar-refractivity contribution is 8.00. The van der Waals surface area contributed by atoms with Crippen molar-refractivity contribution in [3.05, 3.63) is 64.7 Å². The third kappa shape index (κ3) is 6.50. The summed E-state index contributed by atoms with van der Waals surface area (Å²) in [5.41, 5.74) is 5.05. The van der Waals surface area contributed by atoms with Crippen LogP contribution in [0, 0.1) is 13.8 Å². The Labute approximate surface area is 162 Å². The van der Waals surface area contributed by atoms with Gasteiger partial charge in [0.1, 0.15) is 6.54 Å². The zero-order valence-corrected chi connectivity index (χ0v) is 17.2. The SMILES string of the molecule is CC[NH+](CC)Cc1ccc(CNC(=O)CSc2ccc(C)c(C)c2)cc1. The van der Waals surface area contributed by atoms with E-state index in [1.54, 1.807) is 16.7 Å². The minimum atomic E-state index is 0.0740. The number of aryl methyl sites for hydroxylation is 2. The third-order valence-corrected chi connectivity index (χ3v) is 5.81. The number of thioether (sulfide) groups is 1. The van der Waals surface area contributed by atoms with Gasteiger partial charge in [0.25, 0.3) is 0 Å². The maximum atomic E-state index is 12.1. The number of carbonyl (C=O) groups is 1. The van der Waals surface area contributed by atoms with E-state index in [0.717, 1.165) is 30.1 Å². The molecule has 0 bridgehead atoms. The molecule has 3 nitrogen and oxygen atoms in total. The Kier molecular flexibility index (Phi) is 8.20. The highest BCUT2D eigenvalue weighted by Crippen LogP contribution is 2.20. The van der Waals surface area contributed by atoms with Gasteiger partial charge >= 0.3 is 0 Å². The van der Waals surface area contributed by atoms with Crippen LogP contribution < -0.4 is 10.2 Å². The van der Waals surface area contributed by atoms with Crippen molar-refractivity contribution in [3.63, 3.8) is 0 Å². The normalized spacial score (nSPS) is 11.0. The maximum Gasteiger partial charge on any atom is 0.230 e. The minimum absolute atomic E-state index is 0.0740. The molecule has 0 aliphatic rings. The summed E-state index contributed by atoms with van der Waals surface area (Å²) in [4.78, 5) is 14.8. The molecule has 0 spiro atoms. The van der Waals surface area contributed by atoms with Gasteiger partial charge in [-0.15, -0.1) is 11.8 Å². The summed E-state index contributed by atoms with van der Waals surface area (Å²) in [6.45, 7) is 12.6. The number of carbonyl (C=O) groups excluding carboxylic acids is 1. The molecule has 0 heterocycles. The molecular formula is C22H31N2OS+. The highest BCUT2D eigenvalue weighted by Gasteiger charge is 2.06. The zero-order chi connectivity index (χ0) is 18.9. The second kappa shape index (κ2) is 10.4. The average molecular weight is 372 g/mol. The highest BCUT2D eigenvalue weighted by atomic mass is 32.2. The lowest BCUT2D eigenvalue weighted by atomic mass is 10.1. The lowest BCUT2D eigenvalue weighted by Crippen LogP contribution is -3.10. The Morgan fingerprint density at radius 1 is 0.962 bits per heavy atom. The second-order valence-corrected chi connectivity index (χ2v) is 7.81. The van der Waals surface area contributed by atoms with Crippen LogP contribution in [0.4, 0.5) is 0 Å². The smallest absolute Gasteiger partial charge is 0.230 e. The molecule has 0 radical (unpaired) electrons. The fourth-order valence-electron chi connectivity index (χ4n) is 2.77. The van der Waals surface area contributed by atoms with Gasteiger partial charge in [0.05, 0.1) is 18.8 Å². The van der Waals surface area contributed by atoms with Crippen LogP contribution in [0.1, 0.15) is 36.1 Å². The molecule has 0 aromatic heterocycles. The number of rotatable bonds is 9. The molecule has 2 rings (SSSR count). The van der Waals surface area contributed by atoms with E-state index in [9.17, 15) is 4.79 Å². The number of amides is 1. The quantitative estimate of drug-likeness (QED) is 0.664. The Morgan fingerprint density at radius 3 is 2.23 bits per heavy atom. The van der Waals surface area contributed by atoms with Gasteiger partial charge in [-0.05, 0) is 56.5 Å². The lowest BCUT2D eigenvalue weighted by Gasteiger charge is -2.15. The van der Waals surface area contributed by atoms with Crippen LogP contribution in [0.2, 0.25) is 0 Å². The molecule has 4 heteroatoms. The second-order valence-electron chi connectivity index (χ2n) is 6.76. The van der Waals surface area contributed by atoms with E-state index in [4.69, 9.17) is 0 Å². The molecule has 1 amide bonds. The summed E-state index contributed by atoms with van der Waals surface area (Å²) in [6, 6.07) is 14.9. The Balaban J connectivity index is 1.77. The van der Waals surface area contributed by atoms with Gasteiger partial charge in [0.2, 0.25) is 5.91 Å². The lowest BCUT2D eigenvalue weighted by molar-refractivity contribution is -0.910. The standard InChI is InChI=1S/C22H30N2OS/c1-5-24(6-2)15-20-10-8-19(9-11-20)14-23-22(25)16-26-21-12-7-17(3)18(4)13-21/h7-13H,5-6,14-16H2,1-4H3,(H,23,25)/p+1. The summed E-state index contributed by atoms with van der Waals surface area (Å²) < 4.78 is 0. The van der Waals surface area contributed by atoms with Gasteiger partial charge in [0.15, 0.2) is 0 Å². The number of hydrogen-bond donors (Lipinski definition) is 2. The van der Waals surface area contributed by atoms with Crippen molar-refractivity contribution in [3.8, 4) is 0 Å². The van der Waals surface area contributed by atoms with Crippen LogP contribution in [0.5, 0.6) is 0 Å². The largest absolute Gasteiger partial charge is 0.351 e. The van der Waals surface area contributed by atoms with E-state index in [0.29, 0.717) is 12.3 Å². The molecule has 26 heavy (non-hydrogen) atoms. The number of quaternary nitrogens is 1. The molecule has 0 unspecified atom stereocenters. The molecule has 2 N–H and O–H groups in total. The predicted octanol–water partition coefficient (Wildman–Crippen LogP) is 3.14. The van der Waals surface area contributed by atoms with Crippen molar-refractivity contribution in [1.82, 2.24) is 5.32 Å². The first-order valence-electron chi connectivity index (χ1n) is 9.40. The van der Waals surface area contributed by atoms with Gasteiger partial charge in [0, 0.05) is 17.0 Å². The molecule has 0 saturated carbocycles. The fraction of sp³-hybridized carbons (Fsp3) is 0.409. The number of benzene rings is 2. The molecule has 0 aliphatic carbocycles. The Bertz CT molecular complexity index is 709. The van der Waals surface area contributed by atoms with E-state index >= 15 is 0 Å². The molecule has 0 fully saturated rings. The Hall–Kier alpha value is -1.78. The summed E-state index contributed by atoms with van der Waals surface area (Å²) >= 11 is 1.59. The van der Waals surface area contributed by atoms with E-state index in [-0.39, 0.29) is 5.91 Å². The van der Waals surface area contributed by atoms with Crippen molar-refractivity contribution in [2.75, 3.05) is 18.8 Å². The fourth-order valence-corrected chi connectivity index (χ4v) is 3.59. The molecule has 0 aliphatic heterocycles. The van der Waals surface area contributed by atoms with Gasteiger partial charge in [-0.3, -0.25) is 4.79 Å². The van der Waals surface area contributed by atoms with Gasteiger partial charge in [-0.1, -0.05) is 30.3 Å². The van der Waals surface area contributed by atoms with Crippen molar-refractivity contribution in [2.45, 2.75) is 45.7 Å². The van der Waals surface area contributed by atoms with Crippen molar-refractivity contribution < 1.29 is 9.69 Å². The summed E-state index contributed by atoms with van der Waals surface area (Å²) in [5, 5.41) is 3.01. The monoisotopic (exact) mass is 371 g/mol. The first-order valence-corrected chi connectivity index (χ1v) is 10.4. The first kappa shape index (κ1) is 20.5. The predicted molar refractivity (Wildman–Crippen MR) is 111 cm³/mol. The van der Waals surface area contributed by atoms with Gasteiger partial charge in [-0.2, -0.15) is 0 Å². The van der Waals surface area contributed by atoms with Crippen molar-refractivity contribution >= 4 is 17.7 Å². The van der Waals surface area contributed by atoms with E-state index in [1.165, 1.54) is 16.7 Å². The Morgan fingerprint density at radius 2 is 1.62 bits per heavy atom. The number of nitrogens with one attached hydrogen (secondary N) is 2. The van der Waals surface area contributed by atoms with E-state index < -0.39 is 0 Å². The van der Waals surface area contributed by atoms with Crippen LogP contribution in [0.3, 0.4) is 0 Å². The van der Waals surface area contributed by atoms with Crippen LogP contribution in [0.25, 0.3) is 0 Å². The zero-order valence-electron chi connectivity index (χ0n) is 16.4. The first-order chi connectivity index (χ1) is 12.5. The topological polar surface area (TPSA) is 33.5 Å². The minimum Gasteiger partial charge on any atom is -0.351 e. The van der Waals surface area contributed by atoms with Crippen LogP contribution >= 0.6 is 11.8 Å². The molecule has 140 valence electrons. The summed E-state index contributed by atoms with van der Waals surface area (Å²) in [6.07, 6.45) is 0.